The molecule has 3 aromatic carbocycles. The number of hydrogen-bond acceptors (Lipinski definition) is 5. The molecule has 264 valence electrons. The van der Waals surface area contributed by atoms with Crippen LogP contribution in [0.25, 0.3) is 0 Å². The molecule has 0 atom stereocenters. The molecule has 5 rings (SSSR count). The Morgan fingerprint density at radius 1 is 0.540 bits per heavy atom. The van der Waals surface area contributed by atoms with Crippen molar-refractivity contribution in [2.75, 3.05) is 19.8 Å². The zero-order chi connectivity index (χ0) is 35.9. The Kier molecular flexibility index (Phi) is 18.4. The van der Waals surface area contributed by atoms with Gasteiger partial charge in [-0.05, 0) is 68.4 Å². The van der Waals surface area contributed by atoms with E-state index >= 15 is 0 Å². The zero-order valence-corrected chi connectivity index (χ0v) is 30.2. The van der Waals surface area contributed by atoms with Gasteiger partial charge in [0.1, 0.15) is 0 Å². The van der Waals surface area contributed by atoms with E-state index in [0.717, 1.165) is 32.1 Å². The first kappa shape index (κ1) is 39.9. The summed E-state index contributed by atoms with van der Waals surface area (Å²) in [5, 5.41) is 21.4. The maximum Gasteiger partial charge on any atom is 0.234 e. The smallest absolute Gasteiger partial charge is 0.234 e. The number of aromatic nitrogens is 2. The van der Waals surface area contributed by atoms with Gasteiger partial charge >= 0.3 is 0 Å². The Balaban J connectivity index is 0.000000234. The van der Waals surface area contributed by atoms with Gasteiger partial charge in [-0.15, -0.1) is 0 Å². The molecular weight excluding hydrogens is 623 g/mol. The van der Waals surface area contributed by atoms with E-state index in [1.807, 2.05) is 115 Å². The largest absolute Gasteiger partial charge is 0.871 e. The van der Waals surface area contributed by atoms with E-state index in [1.54, 1.807) is 0 Å². The highest BCUT2D eigenvalue weighted by atomic mass is 16.7. The summed E-state index contributed by atoms with van der Waals surface area (Å²) >= 11 is 0. The maximum absolute atomic E-state index is 10.7. The normalized spacial score (nSPS) is 10.6. The lowest BCUT2D eigenvalue weighted by Crippen LogP contribution is -2.48. The fourth-order valence-electron chi connectivity index (χ4n) is 5.97. The van der Waals surface area contributed by atoms with Crippen molar-refractivity contribution in [3.05, 3.63) is 168 Å². The fourth-order valence-corrected chi connectivity index (χ4v) is 5.97. The van der Waals surface area contributed by atoms with Gasteiger partial charge in [0.05, 0.1) is 7.32 Å². The highest BCUT2D eigenvalue weighted by Crippen LogP contribution is 2.42. The molecule has 0 N–H and O–H groups in total. The lowest BCUT2D eigenvalue weighted by molar-refractivity contribution is -0.895. The molecule has 50 heavy (non-hydrogen) atoms. The van der Waals surface area contributed by atoms with Crippen LogP contribution in [0, 0.1) is 0 Å². The number of benzene rings is 3. The Morgan fingerprint density at radius 3 is 1.26 bits per heavy atom. The molecular formula is C42H53BN2O5. The predicted molar refractivity (Wildman–Crippen MR) is 196 cm³/mol. The van der Waals surface area contributed by atoms with E-state index in [1.165, 1.54) is 28.1 Å². The summed E-state index contributed by atoms with van der Waals surface area (Å²) in [6.45, 7) is 9.92. The average Bonchev–Trinajstić information content (AvgIpc) is 3.15. The van der Waals surface area contributed by atoms with Crippen LogP contribution in [0.1, 0.15) is 81.5 Å². The molecule has 0 saturated carbocycles. The van der Waals surface area contributed by atoms with Crippen LogP contribution in [0.2, 0.25) is 0 Å². The van der Waals surface area contributed by atoms with Gasteiger partial charge in [-0.3, -0.25) is 9.68 Å². The van der Waals surface area contributed by atoms with Gasteiger partial charge in [0, 0.05) is 58.6 Å². The van der Waals surface area contributed by atoms with Gasteiger partial charge in [-0.25, -0.2) is 0 Å². The Labute approximate surface area is 299 Å². The van der Waals surface area contributed by atoms with E-state index in [2.05, 4.69) is 62.4 Å². The minimum atomic E-state index is -2.23. The molecule has 0 aliphatic rings. The molecule has 0 unspecified atom stereocenters. The van der Waals surface area contributed by atoms with Crippen LogP contribution in [0.15, 0.2) is 140 Å². The summed E-state index contributed by atoms with van der Waals surface area (Å²) in [6, 6.07) is 43.3. The van der Waals surface area contributed by atoms with Crippen molar-refractivity contribution in [1.29, 1.82) is 0 Å². The summed E-state index contributed by atoms with van der Waals surface area (Å²) in [5.41, 5.74) is 5.65. The second kappa shape index (κ2) is 23.0. The highest BCUT2D eigenvalue weighted by Gasteiger charge is 2.35. The minimum absolute atomic E-state index is 0.159. The maximum atomic E-state index is 10.7. The van der Waals surface area contributed by atoms with Gasteiger partial charge in [-0.2, -0.15) is 0 Å². The van der Waals surface area contributed by atoms with Crippen molar-refractivity contribution in [3.8, 4) is 0 Å². The standard InChI is InChI=1S/C22H21BO3.2C10H16NO/c24-23(25)26-18-10-17-22(19-11-4-1-5-12-19,20-13-6-2-7-14-20)21-15-8-3-9-16-21;2*1-3-7-10-8-5-6-9-11(10)12-4-2/h1-9,11-16H,10,17-18H2;2*5-6,8-9H,3-4,7H2,1-2H3/q-2;2*+1. The second-order valence-corrected chi connectivity index (χ2v) is 11.6. The van der Waals surface area contributed by atoms with Crippen LogP contribution in [-0.2, 0) is 22.9 Å². The monoisotopic (exact) mass is 676 g/mol. The molecule has 0 aliphatic heterocycles. The first-order valence-electron chi connectivity index (χ1n) is 17.9. The molecule has 0 amide bonds. The van der Waals surface area contributed by atoms with E-state index in [-0.39, 0.29) is 12.0 Å². The van der Waals surface area contributed by atoms with Gasteiger partial charge in [0.15, 0.2) is 13.2 Å². The van der Waals surface area contributed by atoms with Crippen molar-refractivity contribution in [2.45, 2.75) is 71.6 Å². The lowest BCUT2D eigenvalue weighted by atomic mass is 9.67. The van der Waals surface area contributed by atoms with Gasteiger partial charge in [0.2, 0.25) is 23.8 Å². The van der Waals surface area contributed by atoms with E-state index in [9.17, 15) is 10.0 Å². The molecule has 2 heterocycles. The number of pyridine rings is 2. The van der Waals surface area contributed by atoms with Gasteiger partial charge in [-0.1, -0.05) is 105 Å². The molecule has 2 aromatic heterocycles. The van der Waals surface area contributed by atoms with Crippen LogP contribution in [0.5, 0.6) is 0 Å². The van der Waals surface area contributed by atoms with E-state index in [0.29, 0.717) is 19.6 Å². The summed E-state index contributed by atoms with van der Waals surface area (Å²) < 4.78 is 8.44. The van der Waals surface area contributed by atoms with Crippen molar-refractivity contribution in [3.63, 3.8) is 0 Å². The molecule has 5 aromatic rings. The van der Waals surface area contributed by atoms with Crippen LogP contribution in [0.4, 0.5) is 0 Å². The first-order chi connectivity index (χ1) is 24.5. The number of nitrogens with zero attached hydrogens (tertiary/aromatic N) is 2. The predicted octanol–water partition coefficient (Wildman–Crippen LogP) is 5.27. The third-order valence-electron chi connectivity index (χ3n) is 8.11. The molecule has 0 saturated heterocycles. The highest BCUT2D eigenvalue weighted by molar-refractivity contribution is 6.28. The zero-order valence-electron chi connectivity index (χ0n) is 30.2. The molecule has 7 nitrogen and oxygen atoms in total. The van der Waals surface area contributed by atoms with E-state index < -0.39 is 7.32 Å². The number of aryl methyl sites for hydroxylation is 2. The topological polar surface area (TPSA) is 81.6 Å². The van der Waals surface area contributed by atoms with Crippen LogP contribution < -0.4 is 29.2 Å². The number of hydrogen-bond donors (Lipinski definition) is 0. The minimum Gasteiger partial charge on any atom is -0.871 e. The third-order valence-corrected chi connectivity index (χ3v) is 8.11. The third kappa shape index (κ3) is 12.4. The summed E-state index contributed by atoms with van der Waals surface area (Å²) in [5.74, 6) is 0. The van der Waals surface area contributed by atoms with E-state index in [4.69, 9.17) is 14.3 Å². The Hall–Kier alpha value is -4.50. The Bertz CT molecular complexity index is 1390. The van der Waals surface area contributed by atoms with Crippen molar-refractivity contribution in [1.82, 2.24) is 0 Å². The molecule has 0 spiro atoms. The first-order valence-corrected chi connectivity index (χ1v) is 17.9. The number of rotatable bonds is 16. The molecule has 0 radical (unpaired) electrons. The summed E-state index contributed by atoms with van der Waals surface area (Å²) in [6.07, 6.45) is 9.69. The van der Waals surface area contributed by atoms with Crippen molar-refractivity contribution in [2.24, 2.45) is 0 Å². The quantitative estimate of drug-likeness (QED) is 0.0616. The van der Waals surface area contributed by atoms with Crippen molar-refractivity contribution < 1.29 is 33.8 Å². The van der Waals surface area contributed by atoms with Crippen LogP contribution in [-0.4, -0.2) is 27.1 Å². The lowest BCUT2D eigenvalue weighted by Gasteiger charge is -2.37. The van der Waals surface area contributed by atoms with Crippen LogP contribution >= 0.6 is 0 Å². The Morgan fingerprint density at radius 2 is 0.920 bits per heavy atom. The van der Waals surface area contributed by atoms with Crippen LogP contribution in [0.3, 0.4) is 0 Å². The average molecular weight is 677 g/mol. The summed E-state index contributed by atoms with van der Waals surface area (Å²) in [7, 11) is -2.23. The van der Waals surface area contributed by atoms with Gasteiger partial charge in [0.25, 0.3) is 0 Å². The molecule has 0 bridgehead atoms. The second-order valence-electron chi connectivity index (χ2n) is 11.6. The fraction of sp³-hybridized carbons (Fsp3) is 0.333. The molecule has 8 heteroatoms. The summed E-state index contributed by atoms with van der Waals surface area (Å²) in [4.78, 5) is 10.8. The van der Waals surface area contributed by atoms with Gasteiger partial charge < -0.3 is 14.7 Å². The van der Waals surface area contributed by atoms with Crippen molar-refractivity contribution >= 4 is 7.32 Å². The molecule has 0 fully saturated rings. The SMILES string of the molecule is CCCc1cccc[n+]1OCC.CCCc1cccc[n+]1OCC.[O-]B([O-])OCCCC(c1ccccc1)(c1ccccc1)c1ccccc1. The molecule has 0 aliphatic carbocycles.